The van der Waals surface area contributed by atoms with E-state index in [0.29, 0.717) is 0 Å². The van der Waals surface area contributed by atoms with E-state index in [1.165, 1.54) is 12.2 Å². The Morgan fingerprint density at radius 1 is 1.45 bits per heavy atom. The van der Waals surface area contributed by atoms with Crippen LogP contribution in [0.1, 0.15) is 28.2 Å². The molecule has 2 atom stereocenters. The lowest BCUT2D eigenvalue weighted by Crippen LogP contribution is -1.97. The van der Waals surface area contributed by atoms with Crippen LogP contribution in [-0.4, -0.2) is 21.3 Å². The molecule has 2 unspecified atom stereocenters. The van der Waals surface area contributed by atoms with Crippen molar-refractivity contribution in [1.82, 2.24) is 0 Å². The van der Waals surface area contributed by atoms with Gasteiger partial charge in [0.2, 0.25) is 0 Å². The van der Waals surface area contributed by atoms with E-state index >= 15 is 0 Å². The Labute approximate surface area is 85.7 Å². The van der Waals surface area contributed by atoms with Crippen LogP contribution in [0.5, 0.6) is 0 Å². The molecule has 0 aromatic rings. The van der Waals surface area contributed by atoms with E-state index in [1.54, 1.807) is 0 Å². The molecular formula is C8H20S3. The summed E-state index contributed by atoms with van der Waals surface area (Å²) in [4.78, 5) is 0. The molecule has 0 nitrogen and oxygen atoms in total. The second-order valence-corrected chi connectivity index (χ2v) is 5.52. The molecule has 0 radical (unpaired) electrons. The second-order valence-electron chi connectivity index (χ2n) is 2.11. The standard InChI is InChI=1S/C6H12S3.2CH4/c1-2-5-4-8-6(3-7)9-5;;/h5-7H,2-4H2,1H3;2*1H4. The molecule has 0 aromatic carbocycles. The molecule has 0 amide bonds. The zero-order chi connectivity index (χ0) is 6.69. The Kier molecular flexibility index (Phi) is 10.2. The summed E-state index contributed by atoms with van der Waals surface area (Å²) in [6.07, 6.45) is 1.32. The number of thiol groups is 1. The summed E-state index contributed by atoms with van der Waals surface area (Å²) < 4.78 is 0.776. The van der Waals surface area contributed by atoms with Gasteiger partial charge >= 0.3 is 0 Å². The average Bonchev–Trinajstić information content (AvgIpc) is 2.34. The maximum atomic E-state index is 4.25. The largest absolute Gasteiger partial charge is 0.177 e. The highest BCUT2D eigenvalue weighted by Gasteiger charge is 2.22. The minimum atomic E-state index is 0. The van der Waals surface area contributed by atoms with Crippen molar-refractivity contribution in [1.29, 1.82) is 0 Å². The molecule has 3 heteroatoms. The lowest BCUT2D eigenvalue weighted by molar-refractivity contribution is 0.925. The van der Waals surface area contributed by atoms with Gasteiger partial charge in [-0.05, 0) is 6.42 Å². The van der Waals surface area contributed by atoms with Crippen LogP contribution in [0.3, 0.4) is 0 Å². The Balaban J connectivity index is 0. The molecule has 0 aliphatic carbocycles. The fourth-order valence-electron chi connectivity index (χ4n) is 0.818. The van der Waals surface area contributed by atoms with E-state index in [1.807, 2.05) is 0 Å². The molecular weight excluding hydrogens is 192 g/mol. The van der Waals surface area contributed by atoms with Gasteiger partial charge in [-0.3, -0.25) is 0 Å². The van der Waals surface area contributed by atoms with Gasteiger partial charge in [0.1, 0.15) is 0 Å². The summed E-state index contributed by atoms with van der Waals surface area (Å²) in [5, 5.41) is 0.909. The summed E-state index contributed by atoms with van der Waals surface area (Å²) in [7, 11) is 0. The summed E-state index contributed by atoms with van der Waals surface area (Å²) in [5.74, 6) is 2.37. The highest BCUT2D eigenvalue weighted by atomic mass is 32.2. The van der Waals surface area contributed by atoms with Crippen molar-refractivity contribution >= 4 is 36.2 Å². The Morgan fingerprint density at radius 2 is 2.09 bits per heavy atom. The predicted molar refractivity (Wildman–Crippen MR) is 65.2 cm³/mol. The van der Waals surface area contributed by atoms with Gasteiger partial charge in [-0.15, -0.1) is 23.5 Å². The van der Waals surface area contributed by atoms with Crippen molar-refractivity contribution < 1.29 is 0 Å². The topological polar surface area (TPSA) is 0 Å². The normalized spacial score (nSPS) is 28.9. The van der Waals surface area contributed by atoms with Gasteiger partial charge in [0.15, 0.2) is 0 Å². The monoisotopic (exact) mass is 212 g/mol. The first-order chi connectivity index (χ1) is 4.36. The number of hydrogen-bond acceptors (Lipinski definition) is 3. The van der Waals surface area contributed by atoms with Crippen molar-refractivity contribution in [3.63, 3.8) is 0 Å². The first-order valence-electron chi connectivity index (χ1n) is 3.24. The van der Waals surface area contributed by atoms with E-state index < -0.39 is 0 Å². The van der Waals surface area contributed by atoms with Crippen LogP contribution in [0.4, 0.5) is 0 Å². The van der Waals surface area contributed by atoms with Crippen LogP contribution in [0.2, 0.25) is 0 Å². The highest BCUT2D eigenvalue weighted by Crippen LogP contribution is 2.39. The first kappa shape index (κ1) is 14.6. The van der Waals surface area contributed by atoms with Crippen LogP contribution in [0.15, 0.2) is 0 Å². The quantitative estimate of drug-likeness (QED) is 0.692. The first-order valence-corrected chi connectivity index (χ1v) is 5.87. The molecule has 0 spiro atoms. The molecule has 1 heterocycles. The molecule has 1 fully saturated rings. The van der Waals surface area contributed by atoms with Gasteiger partial charge in [-0.1, -0.05) is 21.8 Å². The third-order valence-corrected chi connectivity index (χ3v) is 5.72. The number of thioether (sulfide) groups is 2. The minimum absolute atomic E-state index is 0. The fourth-order valence-corrected chi connectivity index (χ4v) is 4.44. The highest BCUT2D eigenvalue weighted by molar-refractivity contribution is 8.21. The predicted octanol–water partition coefficient (Wildman–Crippen LogP) is 3.77. The number of hydrogen-bond donors (Lipinski definition) is 1. The maximum Gasteiger partial charge on any atom is 0.0593 e. The molecule has 11 heavy (non-hydrogen) atoms. The Hall–Kier alpha value is 1.05. The molecule has 70 valence electrons. The fraction of sp³-hybridized carbons (Fsp3) is 1.00. The molecule has 0 N–H and O–H groups in total. The van der Waals surface area contributed by atoms with Crippen LogP contribution in [-0.2, 0) is 0 Å². The van der Waals surface area contributed by atoms with E-state index in [0.717, 1.165) is 15.6 Å². The van der Waals surface area contributed by atoms with Crippen LogP contribution in [0, 0.1) is 0 Å². The zero-order valence-corrected chi connectivity index (χ0v) is 8.07. The van der Waals surface area contributed by atoms with Gasteiger partial charge in [0.25, 0.3) is 0 Å². The van der Waals surface area contributed by atoms with Gasteiger partial charge in [0, 0.05) is 16.8 Å². The Morgan fingerprint density at radius 3 is 2.36 bits per heavy atom. The SMILES string of the molecule is C.C.CCC1CSC(CS)S1. The van der Waals surface area contributed by atoms with Gasteiger partial charge in [-0.2, -0.15) is 12.6 Å². The molecule has 1 saturated heterocycles. The van der Waals surface area contributed by atoms with E-state index in [4.69, 9.17) is 0 Å². The van der Waals surface area contributed by atoms with Gasteiger partial charge < -0.3 is 0 Å². The van der Waals surface area contributed by atoms with Crippen LogP contribution < -0.4 is 0 Å². The molecule has 1 aliphatic heterocycles. The lowest BCUT2D eigenvalue weighted by atomic mass is 10.4. The third-order valence-electron chi connectivity index (χ3n) is 1.42. The molecule has 1 aliphatic rings. The molecule has 0 aromatic heterocycles. The summed E-state index contributed by atoms with van der Waals surface area (Å²) in [6.45, 7) is 2.26. The zero-order valence-electron chi connectivity index (χ0n) is 5.54. The smallest absolute Gasteiger partial charge is 0.0593 e. The average molecular weight is 212 g/mol. The third kappa shape index (κ3) is 4.58. The Bertz CT molecular complexity index is 75.4. The summed E-state index contributed by atoms with van der Waals surface area (Å²) in [5.41, 5.74) is 0. The van der Waals surface area contributed by atoms with Crippen molar-refractivity contribution in [3.05, 3.63) is 0 Å². The van der Waals surface area contributed by atoms with E-state index in [-0.39, 0.29) is 14.9 Å². The van der Waals surface area contributed by atoms with Crippen molar-refractivity contribution in [3.8, 4) is 0 Å². The van der Waals surface area contributed by atoms with Crippen molar-refractivity contribution in [2.45, 2.75) is 38.0 Å². The van der Waals surface area contributed by atoms with Gasteiger partial charge in [0.05, 0.1) is 4.58 Å². The van der Waals surface area contributed by atoms with Gasteiger partial charge in [-0.25, -0.2) is 0 Å². The minimum Gasteiger partial charge on any atom is -0.177 e. The molecule has 0 saturated carbocycles. The summed E-state index contributed by atoms with van der Waals surface area (Å²) in [6, 6.07) is 0. The van der Waals surface area contributed by atoms with Crippen LogP contribution >= 0.6 is 36.2 Å². The van der Waals surface area contributed by atoms with Crippen molar-refractivity contribution in [2.75, 3.05) is 11.5 Å². The number of rotatable bonds is 2. The lowest BCUT2D eigenvalue weighted by Gasteiger charge is -2.03. The van der Waals surface area contributed by atoms with E-state index in [2.05, 4.69) is 43.1 Å². The second kappa shape index (κ2) is 7.69. The van der Waals surface area contributed by atoms with Crippen molar-refractivity contribution in [2.24, 2.45) is 0 Å². The van der Waals surface area contributed by atoms with Crippen LogP contribution in [0.25, 0.3) is 0 Å². The summed E-state index contributed by atoms with van der Waals surface area (Å²) >= 11 is 8.41. The molecule has 0 bridgehead atoms. The maximum absolute atomic E-state index is 4.25. The van der Waals surface area contributed by atoms with E-state index in [9.17, 15) is 0 Å². The molecule has 1 rings (SSSR count).